The number of hydrogen-bond donors (Lipinski definition) is 1. The Kier molecular flexibility index (Phi) is 6.14. The van der Waals surface area contributed by atoms with Crippen LogP contribution in [0.3, 0.4) is 0 Å². The van der Waals surface area contributed by atoms with Crippen LogP contribution in [0.25, 0.3) is 0 Å². The number of benzene rings is 1. The van der Waals surface area contributed by atoms with Crippen LogP contribution in [0.1, 0.15) is 20.8 Å². The van der Waals surface area contributed by atoms with Crippen LogP contribution < -0.4 is 9.62 Å². The molecule has 0 radical (unpaired) electrons. The number of nitrogens with zero attached hydrogens (tertiary/aromatic N) is 3. The summed E-state index contributed by atoms with van der Waals surface area (Å²) in [5, 5.41) is 11.4. The van der Waals surface area contributed by atoms with Crippen molar-refractivity contribution in [2.24, 2.45) is 0 Å². The van der Waals surface area contributed by atoms with Crippen molar-refractivity contribution in [3.63, 3.8) is 0 Å². The standard InChI is InChI=1S/C15H24N4O5S/c1-15(2,3)16-25(23,24)11-7-8-12(13(9-11)19(21)22)18(6)10-14(20)17(4)5/h7-9,16H,10H2,1-6H3. The third-order valence-electron chi connectivity index (χ3n) is 3.18. The van der Waals surface area contributed by atoms with Crippen LogP contribution in [-0.4, -0.2) is 57.4 Å². The number of rotatable bonds is 6. The zero-order valence-corrected chi connectivity index (χ0v) is 16.0. The van der Waals surface area contributed by atoms with Crippen LogP contribution in [-0.2, 0) is 14.8 Å². The number of nitrogens with one attached hydrogen (secondary N) is 1. The Hall–Kier alpha value is -2.20. The molecule has 1 aromatic carbocycles. The molecule has 0 aliphatic rings. The molecule has 1 amide bonds. The van der Waals surface area contributed by atoms with Crippen molar-refractivity contribution in [1.82, 2.24) is 9.62 Å². The molecule has 0 unspecified atom stereocenters. The second-order valence-electron chi connectivity index (χ2n) is 6.91. The average Bonchev–Trinajstić information content (AvgIpc) is 2.43. The third kappa shape index (κ3) is 5.68. The molecule has 0 aromatic heterocycles. The zero-order chi connectivity index (χ0) is 19.6. The summed E-state index contributed by atoms with van der Waals surface area (Å²) in [6, 6.07) is 3.62. The van der Waals surface area contributed by atoms with E-state index in [9.17, 15) is 23.3 Å². The molecule has 9 nitrogen and oxygen atoms in total. The summed E-state index contributed by atoms with van der Waals surface area (Å²) in [5.74, 6) is -0.233. The van der Waals surface area contributed by atoms with Gasteiger partial charge in [0, 0.05) is 32.7 Å². The third-order valence-corrected chi connectivity index (χ3v) is 4.93. The van der Waals surface area contributed by atoms with Crippen molar-refractivity contribution in [1.29, 1.82) is 0 Å². The molecule has 0 saturated heterocycles. The van der Waals surface area contributed by atoms with E-state index in [1.54, 1.807) is 34.9 Å². The van der Waals surface area contributed by atoms with E-state index in [4.69, 9.17) is 0 Å². The van der Waals surface area contributed by atoms with Crippen LogP contribution in [0.4, 0.5) is 11.4 Å². The second-order valence-corrected chi connectivity index (χ2v) is 8.59. The van der Waals surface area contributed by atoms with Gasteiger partial charge in [-0.3, -0.25) is 14.9 Å². The van der Waals surface area contributed by atoms with Gasteiger partial charge in [0.2, 0.25) is 15.9 Å². The molecule has 140 valence electrons. The van der Waals surface area contributed by atoms with Gasteiger partial charge in [-0.15, -0.1) is 0 Å². The highest BCUT2D eigenvalue weighted by molar-refractivity contribution is 7.89. The molecule has 0 spiro atoms. The van der Waals surface area contributed by atoms with Gasteiger partial charge in [-0.05, 0) is 32.9 Å². The molecular weight excluding hydrogens is 348 g/mol. The SMILES string of the molecule is CN(C)C(=O)CN(C)c1ccc(S(=O)(=O)NC(C)(C)C)cc1[N+](=O)[O-]. The van der Waals surface area contributed by atoms with E-state index in [-0.39, 0.29) is 28.7 Å². The fraction of sp³-hybridized carbons (Fsp3) is 0.533. The molecule has 0 heterocycles. The van der Waals surface area contributed by atoms with E-state index in [1.807, 2.05) is 0 Å². The maximum atomic E-state index is 12.4. The van der Waals surface area contributed by atoms with Gasteiger partial charge in [-0.1, -0.05) is 0 Å². The van der Waals surface area contributed by atoms with Crippen molar-refractivity contribution in [3.05, 3.63) is 28.3 Å². The van der Waals surface area contributed by atoms with Gasteiger partial charge in [0.15, 0.2) is 0 Å². The van der Waals surface area contributed by atoms with Crippen molar-refractivity contribution >= 4 is 27.3 Å². The first kappa shape index (κ1) is 20.8. The molecule has 0 bridgehead atoms. The van der Waals surface area contributed by atoms with E-state index in [1.165, 1.54) is 29.0 Å². The largest absolute Gasteiger partial charge is 0.360 e. The fourth-order valence-corrected chi connectivity index (χ4v) is 3.47. The quantitative estimate of drug-likeness (QED) is 0.593. The number of carbonyl (C=O) groups is 1. The smallest absolute Gasteiger partial charge is 0.293 e. The first-order chi connectivity index (χ1) is 11.2. The monoisotopic (exact) mass is 372 g/mol. The number of hydrogen-bond acceptors (Lipinski definition) is 6. The van der Waals surface area contributed by atoms with Gasteiger partial charge in [-0.25, -0.2) is 13.1 Å². The Morgan fingerprint density at radius 1 is 1.24 bits per heavy atom. The van der Waals surface area contributed by atoms with Crippen molar-refractivity contribution in [3.8, 4) is 0 Å². The van der Waals surface area contributed by atoms with Crippen LogP contribution in [0.5, 0.6) is 0 Å². The summed E-state index contributed by atoms with van der Waals surface area (Å²) in [7, 11) is 0.796. The van der Waals surface area contributed by atoms with Gasteiger partial charge >= 0.3 is 0 Å². The molecule has 1 N–H and O–H groups in total. The maximum absolute atomic E-state index is 12.4. The zero-order valence-electron chi connectivity index (χ0n) is 15.2. The Labute approximate surface area is 147 Å². The number of anilines is 1. The van der Waals surface area contributed by atoms with Crippen molar-refractivity contribution in [2.75, 3.05) is 32.6 Å². The first-order valence-electron chi connectivity index (χ1n) is 7.48. The number of likely N-dealkylation sites (N-methyl/N-ethyl adjacent to an activating group) is 2. The number of sulfonamides is 1. The lowest BCUT2D eigenvalue weighted by Crippen LogP contribution is -2.40. The lowest BCUT2D eigenvalue weighted by Gasteiger charge is -2.22. The van der Waals surface area contributed by atoms with Gasteiger partial charge in [-0.2, -0.15) is 0 Å². The average molecular weight is 372 g/mol. The number of nitro benzene ring substituents is 1. The van der Waals surface area contributed by atoms with E-state index >= 15 is 0 Å². The van der Waals surface area contributed by atoms with Gasteiger partial charge in [0.1, 0.15) is 5.69 Å². The molecule has 1 aromatic rings. The van der Waals surface area contributed by atoms with Crippen LogP contribution >= 0.6 is 0 Å². The van der Waals surface area contributed by atoms with E-state index < -0.39 is 20.5 Å². The van der Waals surface area contributed by atoms with Gasteiger partial charge in [0.05, 0.1) is 16.4 Å². The molecule has 1 rings (SSSR count). The highest BCUT2D eigenvalue weighted by Crippen LogP contribution is 2.30. The summed E-state index contributed by atoms with van der Waals surface area (Å²) in [6.45, 7) is 4.95. The minimum atomic E-state index is -3.90. The van der Waals surface area contributed by atoms with E-state index in [0.29, 0.717) is 0 Å². The molecule has 0 aliphatic carbocycles. The molecule has 0 saturated carbocycles. The predicted molar refractivity (Wildman–Crippen MR) is 95.1 cm³/mol. The number of nitro groups is 1. The summed E-state index contributed by atoms with van der Waals surface area (Å²) in [4.78, 5) is 25.1. The Morgan fingerprint density at radius 2 is 1.80 bits per heavy atom. The lowest BCUT2D eigenvalue weighted by molar-refractivity contribution is -0.384. The molecule has 0 aliphatic heterocycles. The summed E-state index contributed by atoms with van der Waals surface area (Å²) in [6.07, 6.45) is 0. The van der Waals surface area contributed by atoms with Crippen LogP contribution in [0.2, 0.25) is 0 Å². The predicted octanol–water partition coefficient (Wildman–Crippen LogP) is 1.20. The van der Waals surface area contributed by atoms with Gasteiger partial charge in [0.25, 0.3) is 5.69 Å². The summed E-state index contributed by atoms with van der Waals surface area (Å²) < 4.78 is 27.2. The minimum Gasteiger partial charge on any atom is -0.360 e. The topological polar surface area (TPSA) is 113 Å². The molecule has 25 heavy (non-hydrogen) atoms. The Balaban J connectivity index is 3.29. The fourth-order valence-electron chi connectivity index (χ4n) is 2.03. The Morgan fingerprint density at radius 3 is 2.24 bits per heavy atom. The minimum absolute atomic E-state index is 0.0693. The van der Waals surface area contributed by atoms with Crippen molar-refractivity contribution in [2.45, 2.75) is 31.2 Å². The second kappa shape index (κ2) is 7.36. The number of carbonyl (C=O) groups excluding carboxylic acids is 1. The summed E-state index contributed by atoms with van der Waals surface area (Å²) in [5.41, 5.74) is -0.943. The highest BCUT2D eigenvalue weighted by atomic mass is 32.2. The first-order valence-corrected chi connectivity index (χ1v) is 8.96. The normalized spacial score (nSPS) is 11.9. The van der Waals surface area contributed by atoms with E-state index in [0.717, 1.165) is 6.07 Å². The molecule has 0 fully saturated rings. The number of amides is 1. The lowest BCUT2D eigenvalue weighted by atomic mass is 10.1. The highest BCUT2D eigenvalue weighted by Gasteiger charge is 2.27. The van der Waals surface area contributed by atoms with Crippen molar-refractivity contribution < 1.29 is 18.1 Å². The van der Waals surface area contributed by atoms with Crippen LogP contribution in [0, 0.1) is 10.1 Å². The maximum Gasteiger partial charge on any atom is 0.293 e. The molecule has 10 heteroatoms. The van der Waals surface area contributed by atoms with E-state index in [2.05, 4.69) is 4.72 Å². The molecular formula is C15H24N4O5S. The van der Waals surface area contributed by atoms with Crippen LogP contribution in [0.15, 0.2) is 23.1 Å². The van der Waals surface area contributed by atoms with Gasteiger partial charge < -0.3 is 9.80 Å². The molecule has 0 atom stereocenters. The summed E-state index contributed by atoms with van der Waals surface area (Å²) >= 11 is 0. The Bertz CT molecular complexity index is 769.